The van der Waals surface area contributed by atoms with Crippen LogP contribution in [0.25, 0.3) is 0 Å². The lowest BCUT2D eigenvalue weighted by Crippen LogP contribution is -1.87. The van der Waals surface area contributed by atoms with Crippen LogP contribution in [0.3, 0.4) is 0 Å². The van der Waals surface area contributed by atoms with Gasteiger partial charge in [-0.2, -0.15) is 0 Å². The summed E-state index contributed by atoms with van der Waals surface area (Å²) in [6.45, 7) is 0. The van der Waals surface area contributed by atoms with Crippen LogP contribution in [-0.2, 0) is 6.42 Å². The smallest absolute Gasteiger partial charge is 0.0439 e. The first-order valence-corrected chi connectivity index (χ1v) is 5.03. The van der Waals surface area contributed by atoms with E-state index in [-0.39, 0.29) is 0 Å². The topological polar surface area (TPSA) is 0 Å². The lowest BCUT2D eigenvalue weighted by molar-refractivity contribution is 0.929. The Labute approximate surface area is 87.4 Å². The van der Waals surface area contributed by atoms with Crippen LogP contribution in [0.5, 0.6) is 0 Å². The quantitative estimate of drug-likeness (QED) is 0.675. The summed E-state index contributed by atoms with van der Waals surface area (Å²) in [5, 5.41) is 1.49. The number of aryl methyl sites for hydroxylation is 1. The lowest BCUT2D eigenvalue weighted by Gasteiger charge is -2.02. The zero-order valence-corrected chi connectivity index (χ0v) is 8.76. The molecule has 0 atom stereocenters. The zero-order valence-electron chi connectivity index (χ0n) is 6.49. The number of alkyl halides is 1. The van der Waals surface area contributed by atoms with Crippen LogP contribution >= 0.6 is 34.8 Å². The van der Waals surface area contributed by atoms with E-state index in [1.54, 1.807) is 6.07 Å². The van der Waals surface area contributed by atoms with Crippen LogP contribution in [-0.4, -0.2) is 5.88 Å². The van der Waals surface area contributed by atoms with Crippen LogP contribution in [0.2, 0.25) is 10.0 Å². The van der Waals surface area contributed by atoms with Crippen molar-refractivity contribution in [1.29, 1.82) is 0 Å². The third kappa shape index (κ3) is 2.85. The van der Waals surface area contributed by atoms with Crippen molar-refractivity contribution in [2.45, 2.75) is 12.8 Å². The number of hydrogen-bond donors (Lipinski definition) is 0. The van der Waals surface area contributed by atoms with Gasteiger partial charge in [0.15, 0.2) is 0 Å². The van der Waals surface area contributed by atoms with Crippen molar-refractivity contribution in [3.05, 3.63) is 33.8 Å². The molecule has 0 radical (unpaired) electrons. The summed E-state index contributed by atoms with van der Waals surface area (Å²) in [5.41, 5.74) is 1.07. The largest absolute Gasteiger partial charge is 0.127 e. The van der Waals surface area contributed by atoms with E-state index >= 15 is 0 Å². The van der Waals surface area contributed by atoms with Gasteiger partial charge in [0, 0.05) is 15.9 Å². The molecule has 0 N–H and O–H groups in total. The normalized spacial score (nSPS) is 10.2. The molecule has 0 aromatic heterocycles. The van der Waals surface area contributed by atoms with Crippen LogP contribution < -0.4 is 0 Å². The maximum absolute atomic E-state index is 5.93. The molecule has 0 aliphatic heterocycles. The van der Waals surface area contributed by atoms with Crippen molar-refractivity contribution < 1.29 is 0 Å². The van der Waals surface area contributed by atoms with Crippen molar-refractivity contribution in [2.24, 2.45) is 0 Å². The minimum Gasteiger partial charge on any atom is -0.127 e. The molecule has 0 nitrogen and oxygen atoms in total. The molecule has 1 aromatic carbocycles. The molecule has 1 aromatic rings. The van der Waals surface area contributed by atoms with Gasteiger partial charge in [-0.05, 0) is 36.6 Å². The first kappa shape index (κ1) is 10.2. The molecular weight excluding hydrogens is 214 g/mol. The number of rotatable bonds is 3. The molecule has 0 saturated heterocycles. The summed E-state index contributed by atoms with van der Waals surface area (Å²) in [7, 11) is 0. The molecule has 0 bridgehead atoms. The average Bonchev–Trinajstić information content (AvgIpc) is 2.07. The Morgan fingerprint density at radius 2 is 1.92 bits per heavy atom. The second kappa shape index (κ2) is 4.96. The highest BCUT2D eigenvalue weighted by atomic mass is 35.5. The Morgan fingerprint density at radius 1 is 1.17 bits per heavy atom. The van der Waals surface area contributed by atoms with Crippen molar-refractivity contribution in [1.82, 2.24) is 0 Å². The Morgan fingerprint density at radius 3 is 2.58 bits per heavy atom. The summed E-state index contributed by atoms with van der Waals surface area (Å²) < 4.78 is 0. The molecule has 12 heavy (non-hydrogen) atoms. The van der Waals surface area contributed by atoms with Gasteiger partial charge < -0.3 is 0 Å². The third-order valence-electron chi connectivity index (χ3n) is 1.59. The molecule has 0 heterocycles. The van der Waals surface area contributed by atoms with Gasteiger partial charge in [-0.15, -0.1) is 11.6 Å². The van der Waals surface area contributed by atoms with Gasteiger partial charge in [0.1, 0.15) is 0 Å². The van der Waals surface area contributed by atoms with Crippen molar-refractivity contribution in [3.63, 3.8) is 0 Å². The summed E-state index contributed by atoms with van der Waals surface area (Å²) >= 11 is 17.3. The van der Waals surface area contributed by atoms with Crippen LogP contribution in [0.1, 0.15) is 12.0 Å². The first-order valence-electron chi connectivity index (χ1n) is 3.74. The van der Waals surface area contributed by atoms with Crippen LogP contribution in [0, 0.1) is 0 Å². The minimum absolute atomic E-state index is 0.656. The van der Waals surface area contributed by atoms with Gasteiger partial charge in [-0.1, -0.05) is 23.2 Å². The maximum Gasteiger partial charge on any atom is 0.0439 e. The van der Waals surface area contributed by atoms with E-state index < -0.39 is 0 Å². The van der Waals surface area contributed by atoms with Crippen molar-refractivity contribution in [2.75, 3.05) is 5.88 Å². The van der Waals surface area contributed by atoms with Crippen molar-refractivity contribution >= 4 is 34.8 Å². The molecule has 0 fully saturated rings. The fourth-order valence-corrected chi connectivity index (χ4v) is 1.53. The molecule has 0 aliphatic carbocycles. The van der Waals surface area contributed by atoms with Gasteiger partial charge >= 0.3 is 0 Å². The molecule has 0 amide bonds. The maximum atomic E-state index is 5.93. The molecule has 0 spiro atoms. The standard InChI is InChI=1S/C9H9Cl3/c10-5-1-2-7-6-8(11)3-4-9(7)12/h3-4,6H,1-2,5H2. The Bertz CT molecular complexity index is 258. The molecule has 0 saturated carbocycles. The van der Waals surface area contributed by atoms with E-state index in [4.69, 9.17) is 34.8 Å². The molecule has 3 heteroatoms. The molecule has 0 aliphatic rings. The van der Waals surface area contributed by atoms with E-state index in [1.807, 2.05) is 12.1 Å². The van der Waals surface area contributed by atoms with E-state index in [1.165, 1.54) is 0 Å². The number of hydrogen-bond acceptors (Lipinski definition) is 0. The summed E-state index contributed by atoms with van der Waals surface area (Å²) in [4.78, 5) is 0. The van der Waals surface area contributed by atoms with Crippen molar-refractivity contribution in [3.8, 4) is 0 Å². The number of halogens is 3. The monoisotopic (exact) mass is 222 g/mol. The SMILES string of the molecule is ClCCCc1cc(Cl)ccc1Cl. The number of benzene rings is 1. The highest BCUT2D eigenvalue weighted by Crippen LogP contribution is 2.21. The van der Waals surface area contributed by atoms with Gasteiger partial charge in [-0.25, -0.2) is 0 Å². The Kier molecular flexibility index (Phi) is 4.20. The van der Waals surface area contributed by atoms with E-state index in [0.717, 1.165) is 28.5 Å². The Balaban J connectivity index is 2.75. The minimum atomic E-state index is 0.656. The summed E-state index contributed by atoms with van der Waals surface area (Å²) in [5.74, 6) is 0.656. The fourth-order valence-electron chi connectivity index (χ4n) is 0.992. The van der Waals surface area contributed by atoms with Gasteiger partial charge in [0.25, 0.3) is 0 Å². The molecule has 66 valence electrons. The van der Waals surface area contributed by atoms with Gasteiger partial charge in [-0.3, -0.25) is 0 Å². The molecular formula is C9H9Cl3. The van der Waals surface area contributed by atoms with Crippen LogP contribution in [0.15, 0.2) is 18.2 Å². The molecule has 0 unspecified atom stereocenters. The highest BCUT2D eigenvalue weighted by Gasteiger charge is 2.00. The fraction of sp³-hybridized carbons (Fsp3) is 0.333. The second-order valence-electron chi connectivity index (χ2n) is 2.53. The molecule has 1 rings (SSSR count). The average molecular weight is 224 g/mol. The van der Waals surface area contributed by atoms with Gasteiger partial charge in [0.2, 0.25) is 0 Å². The predicted molar refractivity (Wildman–Crippen MR) is 55.5 cm³/mol. The second-order valence-corrected chi connectivity index (χ2v) is 3.75. The van der Waals surface area contributed by atoms with E-state index in [2.05, 4.69) is 0 Å². The van der Waals surface area contributed by atoms with E-state index in [0.29, 0.717) is 5.88 Å². The van der Waals surface area contributed by atoms with E-state index in [9.17, 15) is 0 Å². The third-order valence-corrected chi connectivity index (χ3v) is 2.46. The van der Waals surface area contributed by atoms with Crippen LogP contribution in [0.4, 0.5) is 0 Å². The summed E-state index contributed by atoms with van der Waals surface area (Å²) in [6, 6.07) is 5.48. The first-order chi connectivity index (χ1) is 5.74. The highest BCUT2D eigenvalue weighted by molar-refractivity contribution is 6.33. The Hall–Kier alpha value is 0.0900. The summed E-state index contributed by atoms with van der Waals surface area (Å²) in [6.07, 6.45) is 1.82. The van der Waals surface area contributed by atoms with Gasteiger partial charge in [0.05, 0.1) is 0 Å². The lowest BCUT2D eigenvalue weighted by atomic mass is 10.1. The predicted octanol–water partition coefficient (Wildman–Crippen LogP) is 4.16. The zero-order chi connectivity index (χ0) is 8.97.